The monoisotopic (exact) mass is 265 g/mol. The van der Waals surface area contributed by atoms with E-state index in [-0.39, 0.29) is 0 Å². The first-order chi connectivity index (χ1) is 9.60. The van der Waals surface area contributed by atoms with Gasteiger partial charge in [-0.2, -0.15) is 5.26 Å². The van der Waals surface area contributed by atoms with E-state index in [1.807, 2.05) is 32.0 Å². The summed E-state index contributed by atoms with van der Waals surface area (Å²) in [7, 11) is 0. The van der Waals surface area contributed by atoms with Crippen molar-refractivity contribution in [3.05, 3.63) is 59.2 Å². The van der Waals surface area contributed by atoms with Crippen LogP contribution in [0.5, 0.6) is 0 Å². The summed E-state index contributed by atoms with van der Waals surface area (Å²) < 4.78 is 15.8. The van der Waals surface area contributed by atoms with Crippen LogP contribution in [0.2, 0.25) is 0 Å². The number of fused-ring (bicyclic) bond motifs is 1. The molecule has 1 aromatic heterocycles. The Hall–Kier alpha value is -2.67. The Balaban J connectivity index is 2.25. The summed E-state index contributed by atoms with van der Waals surface area (Å²) in [5.74, 6) is -0.429. The van der Waals surface area contributed by atoms with Crippen molar-refractivity contribution in [1.82, 2.24) is 9.55 Å². The third-order valence-corrected chi connectivity index (χ3v) is 3.50. The van der Waals surface area contributed by atoms with Crippen LogP contribution >= 0.6 is 0 Å². The van der Waals surface area contributed by atoms with Gasteiger partial charge in [0.1, 0.15) is 12.1 Å². The maximum absolute atomic E-state index is 14.1. The molecule has 20 heavy (non-hydrogen) atoms. The van der Waals surface area contributed by atoms with Gasteiger partial charge in [-0.3, -0.25) is 4.57 Å². The zero-order chi connectivity index (χ0) is 14.3. The predicted molar refractivity (Wildman–Crippen MR) is 75.2 cm³/mol. The minimum absolute atomic E-state index is 0.308. The molecule has 0 unspecified atom stereocenters. The van der Waals surface area contributed by atoms with Gasteiger partial charge in [0, 0.05) is 0 Å². The summed E-state index contributed by atoms with van der Waals surface area (Å²) in [6, 6.07) is 10.4. The topological polar surface area (TPSA) is 41.6 Å². The Labute approximate surface area is 115 Å². The maximum atomic E-state index is 14.1. The molecule has 0 amide bonds. The van der Waals surface area contributed by atoms with Gasteiger partial charge in [-0.1, -0.05) is 0 Å². The van der Waals surface area contributed by atoms with Crippen LogP contribution in [0.3, 0.4) is 0 Å². The fourth-order valence-corrected chi connectivity index (χ4v) is 2.23. The van der Waals surface area contributed by atoms with Gasteiger partial charge in [0.15, 0.2) is 0 Å². The van der Waals surface area contributed by atoms with Crippen molar-refractivity contribution in [2.24, 2.45) is 0 Å². The van der Waals surface area contributed by atoms with Gasteiger partial charge in [0.25, 0.3) is 0 Å². The summed E-state index contributed by atoms with van der Waals surface area (Å²) in [5, 5.41) is 8.79. The summed E-state index contributed by atoms with van der Waals surface area (Å²) in [5.41, 5.74) is 4.68. The first kappa shape index (κ1) is 12.4. The van der Waals surface area contributed by atoms with Crippen molar-refractivity contribution < 1.29 is 4.39 Å². The number of benzene rings is 2. The molecule has 0 saturated carbocycles. The maximum Gasteiger partial charge on any atom is 0.148 e. The molecule has 0 aliphatic carbocycles. The molecule has 2 aromatic carbocycles. The smallest absolute Gasteiger partial charge is 0.148 e. The summed E-state index contributed by atoms with van der Waals surface area (Å²) >= 11 is 0. The van der Waals surface area contributed by atoms with Crippen LogP contribution < -0.4 is 0 Å². The molecule has 0 spiro atoms. The molecule has 3 aromatic rings. The second kappa shape index (κ2) is 4.46. The lowest BCUT2D eigenvalue weighted by Crippen LogP contribution is -1.97. The Morgan fingerprint density at radius 3 is 2.60 bits per heavy atom. The molecule has 0 atom stereocenters. The number of nitriles is 1. The number of nitrogens with zero attached hydrogens (tertiary/aromatic N) is 3. The second-order valence-corrected chi connectivity index (χ2v) is 4.82. The van der Waals surface area contributed by atoms with E-state index < -0.39 is 5.82 Å². The SMILES string of the molecule is Cc1cc2ncn(-c3ccc(C#N)cc3F)c2cc1C. The molecule has 0 radical (unpaired) electrons. The van der Waals surface area contributed by atoms with E-state index in [0.717, 1.165) is 22.2 Å². The van der Waals surface area contributed by atoms with Crippen LogP contribution in [0, 0.1) is 31.0 Å². The molecule has 3 nitrogen and oxygen atoms in total. The molecule has 0 saturated heterocycles. The van der Waals surface area contributed by atoms with Crippen molar-refractivity contribution in [2.75, 3.05) is 0 Å². The fraction of sp³-hybridized carbons (Fsp3) is 0.125. The first-order valence-corrected chi connectivity index (χ1v) is 6.24. The summed E-state index contributed by atoms with van der Waals surface area (Å²) in [4.78, 5) is 4.31. The van der Waals surface area contributed by atoms with E-state index in [0.29, 0.717) is 11.3 Å². The van der Waals surface area contributed by atoms with Crippen molar-refractivity contribution in [1.29, 1.82) is 5.26 Å². The van der Waals surface area contributed by atoms with Crippen LogP contribution in [0.1, 0.15) is 16.7 Å². The van der Waals surface area contributed by atoms with Crippen molar-refractivity contribution >= 4 is 11.0 Å². The van der Waals surface area contributed by atoms with Crippen LogP contribution in [0.15, 0.2) is 36.7 Å². The van der Waals surface area contributed by atoms with Gasteiger partial charge in [-0.05, 0) is 55.3 Å². The zero-order valence-corrected chi connectivity index (χ0v) is 11.2. The van der Waals surface area contributed by atoms with Crippen molar-refractivity contribution in [2.45, 2.75) is 13.8 Å². The number of aromatic nitrogens is 2. The minimum Gasteiger partial charge on any atom is -0.296 e. The van der Waals surface area contributed by atoms with Gasteiger partial charge < -0.3 is 0 Å². The van der Waals surface area contributed by atoms with E-state index >= 15 is 0 Å². The van der Waals surface area contributed by atoms with Gasteiger partial charge in [-0.15, -0.1) is 0 Å². The van der Waals surface area contributed by atoms with Crippen LogP contribution in [-0.2, 0) is 0 Å². The highest BCUT2D eigenvalue weighted by Gasteiger charge is 2.10. The lowest BCUT2D eigenvalue weighted by molar-refractivity contribution is 0.619. The van der Waals surface area contributed by atoms with Crippen LogP contribution in [0.25, 0.3) is 16.7 Å². The molecular weight excluding hydrogens is 253 g/mol. The quantitative estimate of drug-likeness (QED) is 0.674. The molecule has 0 fully saturated rings. The lowest BCUT2D eigenvalue weighted by Gasteiger charge is -2.07. The number of halogens is 1. The zero-order valence-electron chi connectivity index (χ0n) is 11.2. The Kier molecular flexibility index (Phi) is 2.76. The highest BCUT2D eigenvalue weighted by molar-refractivity contribution is 5.79. The molecule has 0 aliphatic rings. The standard InChI is InChI=1S/C16H12FN3/c1-10-5-14-16(6-11(10)2)20(9-19-14)15-4-3-12(8-18)7-13(15)17/h3-7,9H,1-2H3. The van der Waals surface area contributed by atoms with E-state index in [4.69, 9.17) is 5.26 Å². The van der Waals surface area contributed by atoms with Crippen LogP contribution in [0.4, 0.5) is 4.39 Å². The second-order valence-electron chi connectivity index (χ2n) is 4.82. The van der Waals surface area contributed by atoms with Gasteiger partial charge in [-0.25, -0.2) is 9.37 Å². The largest absolute Gasteiger partial charge is 0.296 e. The molecule has 0 bridgehead atoms. The van der Waals surface area contributed by atoms with E-state index in [2.05, 4.69) is 4.98 Å². The first-order valence-electron chi connectivity index (χ1n) is 6.24. The summed E-state index contributed by atoms with van der Waals surface area (Å²) in [6.45, 7) is 4.04. The van der Waals surface area contributed by atoms with Crippen molar-refractivity contribution in [3.63, 3.8) is 0 Å². The average molecular weight is 265 g/mol. The Morgan fingerprint density at radius 1 is 1.15 bits per heavy atom. The van der Waals surface area contributed by atoms with E-state index in [1.54, 1.807) is 23.0 Å². The molecule has 4 heteroatoms. The van der Waals surface area contributed by atoms with Crippen molar-refractivity contribution in [3.8, 4) is 11.8 Å². The fourth-order valence-electron chi connectivity index (χ4n) is 2.23. The average Bonchev–Trinajstić information content (AvgIpc) is 2.82. The van der Waals surface area contributed by atoms with E-state index in [1.165, 1.54) is 6.07 Å². The highest BCUT2D eigenvalue weighted by Crippen LogP contribution is 2.23. The minimum atomic E-state index is -0.429. The van der Waals surface area contributed by atoms with Gasteiger partial charge >= 0.3 is 0 Å². The van der Waals surface area contributed by atoms with E-state index in [9.17, 15) is 4.39 Å². The lowest BCUT2D eigenvalue weighted by atomic mass is 10.1. The predicted octanol–water partition coefficient (Wildman–Crippen LogP) is 3.65. The highest BCUT2D eigenvalue weighted by atomic mass is 19.1. The molecular formula is C16H12FN3. The number of hydrogen-bond acceptors (Lipinski definition) is 2. The number of aryl methyl sites for hydroxylation is 2. The molecule has 1 heterocycles. The molecule has 98 valence electrons. The van der Waals surface area contributed by atoms with Gasteiger partial charge in [0.05, 0.1) is 28.4 Å². The van der Waals surface area contributed by atoms with Crippen LogP contribution in [-0.4, -0.2) is 9.55 Å². The third-order valence-electron chi connectivity index (χ3n) is 3.50. The molecule has 3 rings (SSSR count). The Morgan fingerprint density at radius 2 is 1.90 bits per heavy atom. The Bertz CT molecular complexity index is 856. The normalized spacial score (nSPS) is 10.7. The van der Waals surface area contributed by atoms with Gasteiger partial charge in [0.2, 0.25) is 0 Å². The molecule has 0 N–H and O–H groups in total. The third kappa shape index (κ3) is 1.84. The number of rotatable bonds is 1. The number of hydrogen-bond donors (Lipinski definition) is 0. The summed E-state index contributed by atoms with van der Waals surface area (Å²) in [6.07, 6.45) is 1.61. The molecule has 0 aliphatic heterocycles. The number of imidazole rings is 1.